The van der Waals surface area contributed by atoms with Crippen LogP contribution < -0.4 is 5.73 Å². The highest BCUT2D eigenvalue weighted by Gasteiger charge is 2.37. The van der Waals surface area contributed by atoms with Crippen molar-refractivity contribution in [2.75, 3.05) is 0 Å². The summed E-state index contributed by atoms with van der Waals surface area (Å²) in [4.78, 5) is 8.44. The highest BCUT2D eigenvalue weighted by Crippen LogP contribution is 2.36. The third-order valence-corrected chi connectivity index (χ3v) is 3.43. The van der Waals surface area contributed by atoms with Crippen molar-refractivity contribution in [3.8, 4) is 0 Å². The van der Waals surface area contributed by atoms with Gasteiger partial charge in [-0.1, -0.05) is 0 Å². The molecular formula is C13H15N3. The topological polar surface area (TPSA) is 51.8 Å². The lowest BCUT2D eigenvalue weighted by molar-refractivity contribution is 0.610. The van der Waals surface area contributed by atoms with Gasteiger partial charge in [-0.2, -0.15) is 0 Å². The van der Waals surface area contributed by atoms with Crippen LogP contribution in [0.25, 0.3) is 10.8 Å². The highest BCUT2D eigenvalue weighted by molar-refractivity contribution is 5.83. The van der Waals surface area contributed by atoms with Gasteiger partial charge in [0, 0.05) is 41.1 Å². The van der Waals surface area contributed by atoms with E-state index in [0.717, 1.165) is 18.2 Å². The Morgan fingerprint density at radius 1 is 1.19 bits per heavy atom. The molecule has 1 aliphatic carbocycles. The Morgan fingerprint density at radius 3 is 2.88 bits per heavy atom. The van der Waals surface area contributed by atoms with Gasteiger partial charge in [0.1, 0.15) is 0 Å². The second kappa shape index (κ2) is 3.52. The predicted molar refractivity (Wildman–Crippen MR) is 64.0 cm³/mol. The molecule has 0 saturated heterocycles. The zero-order chi connectivity index (χ0) is 11.0. The molecule has 2 aromatic rings. The molecule has 2 heterocycles. The number of rotatable bonds is 3. The van der Waals surface area contributed by atoms with Gasteiger partial charge in [0.2, 0.25) is 0 Å². The van der Waals surface area contributed by atoms with Gasteiger partial charge < -0.3 is 5.73 Å². The first-order valence-corrected chi connectivity index (χ1v) is 5.72. The van der Waals surface area contributed by atoms with Crippen LogP contribution in [0.2, 0.25) is 0 Å². The van der Waals surface area contributed by atoms with E-state index in [2.05, 4.69) is 9.97 Å². The van der Waals surface area contributed by atoms with E-state index in [4.69, 9.17) is 5.73 Å². The maximum Gasteiger partial charge on any atom is 0.0350 e. The van der Waals surface area contributed by atoms with E-state index in [-0.39, 0.29) is 5.54 Å². The van der Waals surface area contributed by atoms with Crippen molar-refractivity contribution in [3.05, 3.63) is 36.4 Å². The Hall–Kier alpha value is -1.48. The Balaban J connectivity index is 1.90. The molecule has 16 heavy (non-hydrogen) atoms. The van der Waals surface area contributed by atoms with E-state index in [1.54, 1.807) is 6.20 Å². The van der Waals surface area contributed by atoms with Crippen molar-refractivity contribution in [2.45, 2.75) is 31.2 Å². The summed E-state index contributed by atoms with van der Waals surface area (Å²) in [5.41, 5.74) is 7.48. The van der Waals surface area contributed by atoms with Crippen molar-refractivity contribution in [3.63, 3.8) is 0 Å². The number of fused-ring (bicyclic) bond motifs is 1. The predicted octanol–water partition coefficient (Wildman–Crippen LogP) is 2.05. The monoisotopic (exact) mass is 213 g/mol. The summed E-state index contributed by atoms with van der Waals surface area (Å²) in [6, 6.07) is 2.00. The van der Waals surface area contributed by atoms with Gasteiger partial charge in [-0.05, 0) is 37.3 Å². The van der Waals surface area contributed by atoms with Crippen LogP contribution in [0.4, 0.5) is 0 Å². The number of aromatic nitrogens is 2. The minimum atomic E-state index is 0.115. The smallest absolute Gasteiger partial charge is 0.0350 e. The lowest BCUT2D eigenvalue weighted by atomic mass is 10.0. The zero-order valence-electron chi connectivity index (χ0n) is 9.19. The van der Waals surface area contributed by atoms with Crippen LogP contribution >= 0.6 is 0 Å². The molecule has 1 fully saturated rings. The van der Waals surface area contributed by atoms with E-state index in [1.807, 2.05) is 24.7 Å². The molecule has 1 aliphatic rings. The van der Waals surface area contributed by atoms with Crippen molar-refractivity contribution in [1.82, 2.24) is 9.97 Å². The van der Waals surface area contributed by atoms with E-state index in [1.165, 1.54) is 23.8 Å². The molecule has 0 bridgehead atoms. The van der Waals surface area contributed by atoms with Gasteiger partial charge in [-0.15, -0.1) is 0 Å². The Morgan fingerprint density at radius 2 is 2.06 bits per heavy atom. The first kappa shape index (κ1) is 9.73. The minimum absolute atomic E-state index is 0.115. The normalized spacial score (nSPS) is 17.6. The lowest BCUT2D eigenvalue weighted by Gasteiger charge is -2.09. The third-order valence-electron chi connectivity index (χ3n) is 3.43. The highest BCUT2D eigenvalue weighted by atomic mass is 14.8. The molecule has 2 aromatic heterocycles. The standard InChI is InChI=1S/C13H15N3/c14-13(4-5-13)3-1-10-7-16-8-11-2-6-15-9-12(10)11/h2,6-9H,1,3-5,14H2. The Kier molecular flexibility index (Phi) is 2.14. The molecule has 0 aliphatic heterocycles. The zero-order valence-corrected chi connectivity index (χ0v) is 9.19. The lowest BCUT2D eigenvalue weighted by Crippen LogP contribution is -2.22. The van der Waals surface area contributed by atoms with Gasteiger partial charge in [0.15, 0.2) is 0 Å². The molecule has 0 atom stereocenters. The molecule has 0 unspecified atom stereocenters. The molecule has 3 heteroatoms. The van der Waals surface area contributed by atoms with Crippen molar-refractivity contribution in [2.24, 2.45) is 5.73 Å². The SMILES string of the molecule is NC1(CCc2cncc3ccncc23)CC1. The van der Waals surface area contributed by atoms with Gasteiger partial charge in [0.05, 0.1) is 0 Å². The largest absolute Gasteiger partial charge is 0.325 e. The number of hydrogen-bond donors (Lipinski definition) is 1. The van der Waals surface area contributed by atoms with Crippen LogP contribution in [-0.2, 0) is 6.42 Å². The fraction of sp³-hybridized carbons (Fsp3) is 0.385. The summed E-state index contributed by atoms with van der Waals surface area (Å²) >= 11 is 0. The van der Waals surface area contributed by atoms with E-state index in [9.17, 15) is 0 Å². The van der Waals surface area contributed by atoms with Gasteiger partial charge in [0.25, 0.3) is 0 Å². The Bertz CT molecular complexity index is 512. The number of aryl methyl sites for hydroxylation is 1. The molecule has 82 valence electrons. The van der Waals surface area contributed by atoms with Crippen molar-refractivity contribution < 1.29 is 0 Å². The maximum absolute atomic E-state index is 6.10. The van der Waals surface area contributed by atoms with E-state index < -0.39 is 0 Å². The second-order valence-electron chi connectivity index (χ2n) is 4.76. The molecule has 3 rings (SSSR count). The number of hydrogen-bond acceptors (Lipinski definition) is 3. The van der Waals surface area contributed by atoms with Crippen LogP contribution in [0.1, 0.15) is 24.8 Å². The number of nitrogens with two attached hydrogens (primary N) is 1. The van der Waals surface area contributed by atoms with E-state index in [0.29, 0.717) is 0 Å². The van der Waals surface area contributed by atoms with Crippen molar-refractivity contribution in [1.29, 1.82) is 0 Å². The average Bonchev–Trinajstić information content (AvgIpc) is 3.05. The molecule has 0 aromatic carbocycles. The van der Waals surface area contributed by atoms with Crippen molar-refractivity contribution >= 4 is 10.8 Å². The molecule has 0 amide bonds. The molecule has 0 radical (unpaired) electrons. The van der Waals surface area contributed by atoms with E-state index >= 15 is 0 Å². The summed E-state index contributed by atoms with van der Waals surface area (Å²) in [5, 5.41) is 2.37. The molecule has 0 spiro atoms. The van der Waals surface area contributed by atoms with Gasteiger partial charge in [-0.3, -0.25) is 9.97 Å². The summed E-state index contributed by atoms with van der Waals surface area (Å²) in [6.45, 7) is 0. The Labute approximate surface area is 94.7 Å². The molecular weight excluding hydrogens is 198 g/mol. The number of nitrogens with zero attached hydrogens (tertiary/aromatic N) is 2. The van der Waals surface area contributed by atoms with Crippen LogP contribution in [0.15, 0.2) is 30.9 Å². The molecule has 2 N–H and O–H groups in total. The number of pyridine rings is 2. The average molecular weight is 213 g/mol. The first-order chi connectivity index (χ1) is 7.77. The second-order valence-corrected chi connectivity index (χ2v) is 4.76. The van der Waals surface area contributed by atoms with Gasteiger partial charge in [-0.25, -0.2) is 0 Å². The van der Waals surface area contributed by atoms with Crippen LogP contribution in [0.5, 0.6) is 0 Å². The first-order valence-electron chi connectivity index (χ1n) is 5.72. The van der Waals surface area contributed by atoms with Crippen LogP contribution in [0, 0.1) is 0 Å². The quantitative estimate of drug-likeness (QED) is 0.849. The van der Waals surface area contributed by atoms with Gasteiger partial charge >= 0.3 is 0 Å². The fourth-order valence-electron chi connectivity index (χ4n) is 2.06. The minimum Gasteiger partial charge on any atom is -0.325 e. The molecule has 3 nitrogen and oxygen atoms in total. The summed E-state index contributed by atoms with van der Waals surface area (Å²) in [6.07, 6.45) is 12.0. The van der Waals surface area contributed by atoms with Crippen LogP contribution in [0.3, 0.4) is 0 Å². The van der Waals surface area contributed by atoms with Crippen LogP contribution in [-0.4, -0.2) is 15.5 Å². The summed E-state index contributed by atoms with van der Waals surface area (Å²) in [7, 11) is 0. The maximum atomic E-state index is 6.10. The summed E-state index contributed by atoms with van der Waals surface area (Å²) in [5.74, 6) is 0. The third kappa shape index (κ3) is 1.78. The summed E-state index contributed by atoms with van der Waals surface area (Å²) < 4.78 is 0. The fourth-order valence-corrected chi connectivity index (χ4v) is 2.06. The molecule has 1 saturated carbocycles.